The number of cyclic esters (lactones) is 2. The third-order valence-corrected chi connectivity index (χ3v) is 5.16. The summed E-state index contributed by atoms with van der Waals surface area (Å²) in [6.07, 6.45) is 0.413. The van der Waals surface area contributed by atoms with Gasteiger partial charge in [0.05, 0.1) is 11.1 Å². The van der Waals surface area contributed by atoms with Gasteiger partial charge in [0.15, 0.2) is 0 Å². The summed E-state index contributed by atoms with van der Waals surface area (Å²) in [5.41, 5.74) is -3.07. The summed E-state index contributed by atoms with van der Waals surface area (Å²) in [6, 6.07) is 0. The topological polar surface area (TPSA) is 129 Å². The highest BCUT2D eigenvalue weighted by Crippen LogP contribution is 2.22. The first-order chi connectivity index (χ1) is 14.2. The molecule has 2 unspecified atom stereocenters. The average Bonchev–Trinajstić information content (AvgIpc) is 2.65. The Morgan fingerprint density at radius 2 is 1.13 bits per heavy atom. The van der Waals surface area contributed by atoms with E-state index >= 15 is 0 Å². The first kappa shape index (κ1) is 25.1. The smallest absolute Gasteiger partial charge is 0.325 e. The normalized spacial score (nSPS) is 29.5. The van der Waals surface area contributed by atoms with Gasteiger partial charge in [0.2, 0.25) is 0 Å². The van der Waals surface area contributed by atoms with Crippen LogP contribution in [0, 0.1) is 0 Å². The predicted octanol–water partition coefficient (Wildman–Crippen LogP) is 0.611. The summed E-state index contributed by atoms with van der Waals surface area (Å²) < 4.78 is 20.9. The molecular formula is C21H34N2O8. The van der Waals surface area contributed by atoms with Gasteiger partial charge >= 0.3 is 23.9 Å². The Bertz CT molecular complexity index is 675. The van der Waals surface area contributed by atoms with Gasteiger partial charge < -0.3 is 18.9 Å². The van der Waals surface area contributed by atoms with Gasteiger partial charge in [-0.15, -0.1) is 0 Å². The highest BCUT2D eigenvalue weighted by atomic mass is 16.6. The van der Waals surface area contributed by atoms with Crippen LogP contribution in [0.1, 0.15) is 60.8 Å². The van der Waals surface area contributed by atoms with Crippen LogP contribution in [0.2, 0.25) is 0 Å². The molecule has 2 N–H and O–H groups in total. The summed E-state index contributed by atoms with van der Waals surface area (Å²) in [5, 5.41) is 6.29. The third-order valence-electron chi connectivity index (χ3n) is 5.16. The van der Waals surface area contributed by atoms with Crippen molar-refractivity contribution in [1.29, 1.82) is 0 Å². The number of hydrogen-bond acceptors (Lipinski definition) is 10. The Kier molecular flexibility index (Phi) is 7.37. The van der Waals surface area contributed by atoms with Crippen LogP contribution in [-0.2, 0) is 38.1 Å². The van der Waals surface area contributed by atoms with Gasteiger partial charge in [0.25, 0.3) is 0 Å². The Labute approximate surface area is 182 Å². The molecule has 0 radical (unpaired) electrons. The molecule has 176 valence electrons. The maximum absolute atomic E-state index is 12.0. The SMILES string of the molecule is CC1(COC(=O)CCCC(=O)OCC2(C)COC(=O)C(C)(C)N2)COC(=O)C(C)(C)N1. The van der Waals surface area contributed by atoms with Gasteiger partial charge in [-0.1, -0.05) is 0 Å². The molecule has 2 heterocycles. The molecule has 31 heavy (non-hydrogen) atoms. The van der Waals surface area contributed by atoms with Gasteiger partial charge in [0, 0.05) is 12.8 Å². The van der Waals surface area contributed by atoms with Crippen LogP contribution in [0.5, 0.6) is 0 Å². The van der Waals surface area contributed by atoms with E-state index in [9.17, 15) is 19.2 Å². The quantitative estimate of drug-likeness (QED) is 0.407. The van der Waals surface area contributed by atoms with E-state index in [2.05, 4.69) is 10.6 Å². The van der Waals surface area contributed by atoms with Crippen LogP contribution in [0.15, 0.2) is 0 Å². The maximum Gasteiger partial charge on any atom is 0.325 e. The van der Waals surface area contributed by atoms with E-state index in [0.29, 0.717) is 0 Å². The fourth-order valence-electron chi connectivity index (χ4n) is 3.65. The van der Waals surface area contributed by atoms with E-state index in [1.807, 2.05) is 13.8 Å². The molecule has 2 aliphatic heterocycles. The molecule has 0 aromatic rings. The second-order valence-corrected chi connectivity index (χ2v) is 9.95. The molecule has 0 aromatic heterocycles. The van der Waals surface area contributed by atoms with Crippen molar-refractivity contribution in [2.45, 2.75) is 83.0 Å². The van der Waals surface area contributed by atoms with Crippen LogP contribution >= 0.6 is 0 Å². The number of nitrogens with one attached hydrogen (secondary N) is 2. The monoisotopic (exact) mass is 442 g/mol. The Hall–Kier alpha value is -2.20. The Morgan fingerprint density at radius 1 is 0.774 bits per heavy atom. The average molecular weight is 443 g/mol. The minimum Gasteiger partial charge on any atom is -0.464 e. The van der Waals surface area contributed by atoms with Crippen LogP contribution in [0.25, 0.3) is 0 Å². The highest BCUT2D eigenvalue weighted by Gasteiger charge is 2.45. The number of esters is 4. The second-order valence-electron chi connectivity index (χ2n) is 9.95. The number of rotatable bonds is 8. The number of carbonyl (C=O) groups excluding carboxylic acids is 4. The van der Waals surface area contributed by atoms with Gasteiger partial charge in [-0.3, -0.25) is 29.8 Å². The maximum atomic E-state index is 12.0. The molecule has 0 aromatic carbocycles. The lowest BCUT2D eigenvalue weighted by Crippen LogP contribution is -2.66. The van der Waals surface area contributed by atoms with Crippen molar-refractivity contribution in [2.24, 2.45) is 0 Å². The standard InChI is InChI=1S/C21H34N2O8/c1-18(2)16(26)30-12-20(5,22-18)10-28-14(24)8-7-9-15(25)29-11-21(6)13-31-17(27)19(3,4)23-21/h22-23H,7-13H2,1-6H3. The van der Waals surface area contributed by atoms with Gasteiger partial charge in [0.1, 0.15) is 37.5 Å². The minimum absolute atomic E-state index is 0.0471. The molecule has 10 heteroatoms. The first-order valence-electron chi connectivity index (χ1n) is 10.4. The zero-order valence-electron chi connectivity index (χ0n) is 19.2. The molecule has 2 atom stereocenters. The van der Waals surface area contributed by atoms with E-state index in [0.717, 1.165) is 0 Å². The molecule has 0 amide bonds. The summed E-state index contributed by atoms with van der Waals surface area (Å²) in [7, 11) is 0. The molecule has 0 aliphatic carbocycles. The molecule has 2 aliphatic rings. The molecule has 0 bridgehead atoms. The lowest BCUT2D eigenvalue weighted by Gasteiger charge is -2.42. The van der Waals surface area contributed by atoms with Crippen molar-refractivity contribution >= 4 is 23.9 Å². The summed E-state index contributed by atoms with van der Waals surface area (Å²) in [4.78, 5) is 47.5. The lowest BCUT2D eigenvalue weighted by molar-refractivity contribution is -0.166. The summed E-state index contributed by atoms with van der Waals surface area (Å²) in [5.74, 6) is -1.59. The molecule has 0 saturated carbocycles. The predicted molar refractivity (Wildman–Crippen MR) is 109 cm³/mol. The first-order valence-corrected chi connectivity index (χ1v) is 10.4. The Balaban J connectivity index is 1.66. The van der Waals surface area contributed by atoms with E-state index < -0.39 is 34.1 Å². The van der Waals surface area contributed by atoms with Crippen molar-refractivity contribution in [2.75, 3.05) is 26.4 Å². The highest BCUT2D eigenvalue weighted by molar-refractivity contribution is 5.81. The van der Waals surface area contributed by atoms with E-state index in [1.165, 1.54) is 0 Å². The van der Waals surface area contributed by atoms with Crippen LogP contribution in [-0.4, -0.2) is 72.5 Å². The van der Waals surface area contributed by atoms with Gasteiger partial charge in [-0.25, -0.2) is 0 Å². The van der Waals surface area contributed by atoms with Crippen molar-refractivity contribution in [3.8, 4) is 0 Å². The summed E-state index contributed by atoms with van der Waals surface area (Å²) in [6.45, 7) is 10.7. The van der Waals surface area contributed by atoms with E-state index in [1.54, 1.807) is 27.7 Å². The van der Waals surface area contributed by atoms with E-state index in [-0.39, 0.29) is 57.6 Å². The van der Waals surface area contributed by atoms with Crippen molar-refractivity contribution in [3.05, 3.63) is 0 Å². The van der Waals surface area contributed by atoms with Crippen LogP contribution < -0.4 is 10.6 Å². The number of ether oxygens (including phenoxy) is 4. The molecular weight excluding hydrogens is 408 g/mol. The molecule has 2 saturated heterocycles. The fraction of sp³-hybridized carbons (Fsp3) is 0.810. The molecule has 2 fully saturated rings. The largest absolute Gasteiger partial charge is 0.464 e. The molecule has 0 spiro atoms. The fourth-order valence-corrected chi connectivity index (χ4v) is 3.65. The van der Waals surface area contributed by atoms with Crippen molar-refractivity contribution < 1.29 is 38.1 Å². The minimum atomic E-state index is -0.861. The number of hydrogen-bond donors (Lipinski definition) is 2. The third kappa shape index (κ3) is 6.90. The van der Waals surface area contributed by atoms with Crippen LogP contribution in [0.3, 0.4) is 0 Å². The van der Waals surface area contributed by atoms with Gasteiger partial charge in [-0.2, -0.15) is 0 Å². The molecule has 2 rings (SSSR count). The summed E-state index contributed by atoms with van der Waals surface area (Å²) >= 11 is 0. The zero-order chi connectivity index (χ0) is 23.5. The van der Waals surface area contributed by atoms with Crippen LogP contribution in [0.4, 0.5) is 0 Å². The van der Waals surface area contributed by atoms with Crippen molar-refractivity contribution in [1.82, 2.24) is 10.6 Å². The zero-order valence-corrected chi connectivity index (χ0v) is 19.2. The Morgan fingerprint density at radius 3 is 1.45 bits per heavy atom. The van der Waals surface area contributed by atoms with Crippen molar-refractivity contribution in [3.63, 3.8) is 0 Å². The van der Waals surface area contributed by atoms with E-state index in [4.69, 9.17) is 18.9 Å². The van der Waals surface area contributed by atoms with Gasteiger partial charge in [-0.05, 0) is 48.0 Å². The second kappa shape index (κ2) is 9.12. The number of morpholine rings is 2. The molecule has 10 nitrogen and oxygen atoms in total. The lowest BCUT2D eigenvalue weighted by atomic mass is 9.94. The number of carbonyl (C=O) groups is 4.